The molecule has 0 atom stereocenters. The van der Waals surface area contributed by atoms with Gasteiger partial charge in [-0.1, -0.05) is 18.5 Å². The maximum absolute atomic E-state index is 13.0. The molecule has 2 saturated heterocycles. The Hall–Kier alpha value is -1.35. The zero-order chi connectivity index (χ0) is 19.4. The Bertz CT molecular complexity index is 772. The second-order valence-corrected chi connectivity index (χ2v) is 9.30. The van der Waals surface area contributed by atoms with Crippen LogP contribution in [0, 0.1) is 5.92 Å². The van der Waals surface area contributed by atoms with E-state index in [1.807, 2.05) is 0 Å². The van der Waals surface area contributed by atoms with Crippen molar-refractivity contribution in [2.45, 2.75) is 24.7 Å². The van der Waals surface area contributed by atoms with Crippen molar-refractivity contribution in [1.82, 2.24) is 9.21 Å². The molecule has 0 saturated carbocycles. The molecular weight excluding hydrogens is 392 g/mol. The van der Waals surface area contributed by atoms with Crippen molar-refractivity contribution in [3.8, 4) is 5.75 Å². The number of carbonyl (C=O) groups is 1. The zero-order valence-corrected chi connectivity index (χ0v) is 17.0. The summed E-state index contributed by atoms with van der Waals surface area (Å²) in [4.78, 5) is 14.2. The predicted octanol–water partition coefficient (Wildman–Crippen LogP) is 2.00. The molecule has 2 fully saturated rings. The summed E-state index contributed by atoms with van der Waals surface area (Å²) in [5.74, 6) is 0.632. The Balaban J connectivity index is 1.73. The van der Waals surface area contributed by atoms with Crippen LogP contribution in [-0.4, -0.2) is 69.5 Å². The zero-order valence-electron chi connectivity index (χ0n) is 15.4. The fraction of sp³-hybridized carbons (Fsp3) is 0.611. The van der Waals surface area contributed by atoms with Crippen LogP contribution < -0.4 is 4.74 Å². The maximum atomic E-state index is 13.0. The Kier molecular flexibility index (Phi) is 6.62. The summed E-state index contributed by atoms with van der Waals surface area (Å²) in [5.41, 5.74) is 0. The van der Waals surface area contributed by atoms with Crippen LogP contribution >= 0.6 is 11.6 Å². The normalized spacial score (nSPS) is 19.9. The lowest BCUT2D eigenvalue weighted by atomic mass is 9.99. The Morgan fingerprint density at radius 2 is 1.89 bits per heavy atom. The summed E-state index contributed by atoms with van der Waals surface area (Å²) in [6, 6.07) is 4.43. The van der Waals surface area contributed by atoms with Crippen molar-refractivity contribution < 1.29 is 22.7 Å². The number of sulfonamides is 1. The highest BCUT2D eigenvalue weighted by Gasteiger charge is 2.30. The van der Waals surface area contributed by atoms with Gasteiger partial charge in [0.15, 0.2) is 6.61 Å². The highest BCUT2D eigenvalue weighted by molar-refractivity contribution is 7.89. The van der Waals surface area contributed by atoms with E-state index in [2.05, 4.69) is 6.92 Å². The van der Waals surface area contributed by atoms with Crippen LogP contribution in [-0.2, 0) is 19.6 Å². The first-order valence-corrected chi connectivity index (χ1v) is 11.0. The number of halogens is 1. The van der Waals surface area contributed by atoms with Crippen molar-refractivity contribution in [3.05, 3.63) is 23.2 Å². The van der Waals surface area contributed by atoms with Crippen molar-refractivity contribution in [2.75, 3.05) is 46.0 Å². The molecule has 0 aromatic heterocycles. The number of benzene rings is 1. The van der Waals surface area contributed by atoms with Crippen LogP contribution in [0.5, 0.6) is 5.75 Å². The molecule has 9 heteroatoms. The van der Waals surface area contributed by atoms with E-state index < -0.39 is 10.0 Å². The Morgan fingerprint density at radius 1 is 1.22 bits per heavy atom. The van der Waals surface area contributed by atoms with E-state index in [1.54, 1.807) is 11.0 Å². The molecule has 1 aromatic rings. The smallest absolute Gasteiger partial charge is 0.260 e. The molecule has 3 rings (SSSR count). The topological polar surface area (TPSA) is 76.2 Å². The Morgan fingerprint density at radius 3 is 2.56 bits per heavy atom. The molecule has 2 aliphatic heterocycles. The van der Waals surface area contributed by atoms with Gasteiger partial charge in [-0.05, 0) is 37.0 Å². The van der Waals surface area contributed by atoms with Gasteiger partial charge in [0.05, 0.1) is 13.2 Å². The van der Waals surface area contributed by atoms with Crippen molar-refractivity contribution in [3.63, 3.8) is 0 Å². The van der Waals surface area contributed by atoms with Crippen molar-refractivity contribution in [1.29, 1.82) is 0 Å². The molecule has 0 spiro atoms. The van der Waals surface area contributed by atoms with E-state index >= 15 is 0 Å². The molecule has 0 radical (unpaired) electrons. The molecule has 0 unspecified atom stereocenters. The van der Waals surface area contributed by atoms with Crippen molar-refractivity contribution >= 4 is 27.5 Å². The minimum atomic E-state index is -3.78. The van der Waals surface area contributed by atoms with Gasteiger partial charge >= 0.3 is 0 Å². The van der Waals surface area contributed by atoms with E-state index in [9.17, 15) is 13.2 Å². The van der Waals surface area contributed by atoms with Gasteiger partial charge in [-0.3, -0.25) is 4.79 Å². The van der Waals surface area contributed by atoms with Crippen molar-refractivity contribution in [2.24, 2.45) is 5.92 Å². The number of carbonyl (C=O) groups excluding carboxylic acids is 1. The number of ether oxygens (including phenoxy) is 2. The summed E-state index contributed by atoms with van der Waals surface area (Å²) in [6.07, 6.45) is 1.95. The van der Waals surface area contributed by atoms with E-state index in [-0.39, 0.29) is 36.2 Å². The highest BCUT2D eigenvalue weighted by atomic mass is 35.5. The first-order chi connectivity index (χ1) is 12.9. The largest absolute Gasteiger partial charge is 0.482 e. The average molecular weight is 417 g/mol. The molecule has 0 aliphatic carbocycles. The first-order valence-electron chi connectivity index (χ1n) is 9.16. The lowest BCUT2D eigenvalue weighted by Gasteiger charge is -2.30. The lowest BCUT2D eigenvalue weighted by Crippen LogP contribution is -2.41. The van der Waals surface area contributed by atoms with Crippen LogP contribution in [0.15, 0.2) is 23.1 Å². The second-order valence-electron chi connectivity index (χ2n) is 6.96. The van der Waals surface area contributed by atoms with Gasteiger partial charge < -0.3 is 14.4 Å². The minimum Gasteiger partial charge on any atom is -0.482 e. The van der Waals surface area contributed by atoms with E-state index in [0.29, 0.717) is 37.2 Å². The number of nitrogens with zero attached hydrogens (tertiary/aromatic N) is 2. The molecule has 27 heavy (non-hydrogen) atoms. The molecular formula is C18H25ClN2O5S. The number of likely N-dealkylation sites (tertiary alicyclic amines) is 1. The third kappa shape index (κ3) is 4.93. The quantitative estimate of drug-likeness (QED) is 0.733. The number of hydrogen-bond donors (Lipinski definition) is 0. The predicted molar refractivity (Wildman–Crippen MR) is 102 cm³/mol. The molecule has 150 valence electrons. The second kappa shape index (κ2) is 8.77. The highest BCUT2D eigenvalue weighted by Crippen LogP contribution is 2.30. The maximum Gasteiger partial charge on any atom is 0.260 e. The summed E-state index contributed by atoms with van der Waals surface area (Å²) in [5, 5.41) is 0.297. The first kappa shape index (κ1) is 20.4. The van der Waals surface area contributed by atoms with Crippen LogP contribution in [0.4, 0.5) is 0 Å². The van der Waals surface area contributed by atoms with Crippen LogP contribution in [0.25, 0.3) is 0 Å². The third-order valence-electron chi connectivity index (χ3n) is 4.98. The molecule has 7 nitrogen and oxygen atoms in total. The van der Waals surface area contributed by atoms with Gasteiger partial charge in [-0.25, -0.2) is 8.42 Å². The number of amides is 1. The Labute approximate surface area is 165 Å². The monoisotopic (exact) mass is 416 g/mol. The third-order valence-corrected chi connectivity index (χ3v) is 7.14. The number of piperidine rings is 1. The molecule has 1 aromatic carbocycles. The standard InChI is InChI=1S/C18H25ClN2O5S/c1-14-4-6-20(7-5-14)18(22)13-26-16-3-2-15(19)12-17(16)27(23,24)21-8-10-25-11-9-21/h2-3,12,14H,4-11,13H2,1H3. The average Bonchev–Trinajstić information content (AvgIpc) is 2.68. The minimum absolute atomic E-state index is 0.0167. The van der Waals surface area contributed by atoms with Gasteiger partial charge in [-0.15, -0.1) is 0 Å². The van der Waals surface area contributed by atoms with E-state index in [0.717, 1.165) is 12.8 Å². The summed E-state index contributed by atoms with van der Waals surface area (Å²) >= 11 is 6.02. The number of morpholine rings is 1. The lowest BCUT2D eigenvalue weighted by molar-refractivity contribution is -0.134. The fourth-order valence-electron chi connectivity index (χ4n) is 3.22. The SMILES string of the molecule is CC1CCN(C(=O)COc2ccc(Cl)cc2S(=O)(=O)N2CCOCC2)CC1. The molecule has 0 bridgehead atoms. The van der Waals surface area contributed by atoms with Crippen LogP contribution in [0.3, 0.4) is 0 Å². The van der Waals surface area contributed by atoms with Crippen LogP contribution in [0.2, 0.25) is 5.02 Å². The molecule has 2 aliphatic rings. The van der Waals surface area contributed by atoms with E-state index in [1.165, 1.54) is 16.4 Å². The van der Waals surface area contributed by atoms with Gasteiger partial charge in [0, 0.05) is 31.2 Å². The van der Waals surface area contributed by atoms with E-state index in [4.69, 9.17) is 21.1 Å². The van der Waals surface area contributed by atoms with Gasteiger partial charge in [0.1, 0.15) is 10.6 Å². The van der Waals surface area contributed by atoms with Gasteiger partial charge in [0.2, 0.25) is 10.0 Å². The summed E-state index contributed by atoms with van der Waals surface area (Å²) in [6.45, 7) is 4.66. The molecule has 2 heterocycles. The number of rotatable bonds is 5. The van der Waals surface area contributed by atoms with Gasteiger partial charge in [0.25, 0.3) is 5.91 Å². The van der Waals surface area contributed by atoms with Crippen LogP contribution in [0.1, 0.15) is 19.8 Å². The molecule has 0 N–H and O–H groups in total. The van der Waals surface area contributed by atoms with Gasteiger partial charge in [-0.2, -0.15) is 4.31 Å². The number of hydrogen-bond acceptors (Lipinski definition) is 5. The molecule has 1 amide bonds. The summed E-state index contributed by atoms with van der Waals surface area (Å²) in [7, 11) is -3.78. The fourth-order valence-corrected chi connectivity index (χ4v) is 5.02. The summed E-state index contributed by atoms with van der Waals surface area (Å²) < 4.78 is 38.2.